The van der Waals surface area contributed by atoms with E-state index in [1.165, 1.54) is 21.5 Å². The van der Waals surface area contributed by atoms with Crippen LogP contribution in [0.1, 0.15) is 0 Å². The molecule has 0 aliphatic carbocycles. The molecular weight excluding hydrogens is 420 g/mol. The van der Waals surface area contributed by atoms with Gasteiger partial charge in [0.05, 0.1) is 28.3 Å². The van der Waals surface area contributed by atoms with Crippen molar-refractivity contribution in [3.05, 3.63) is 110 Å². The number of fused-ring (bicyclic) bond motifs is 7. The molecule has 160 valence electrons. The Morgan fingerprint density at radius 2 is 0.971 bits per heavy atom. The summed E-state index contributed by atoms with van der Waals surface area (Å²) in [6.45, 7) is 0. The Balaban J connectivity index is 1.61. The van der Waals surface area contributed by atoms with E-state index in [0.717, 1.165) is 33.7 Å². The van der Waals surface area contributed by atoms with Crippen molar-refractivity contribution in [1.29, 1.82) is 0 Å². The number of para-hydroxylation sites is 4. The largest absolute Gasteiger partial charge is 0.432 e. The lowest BCUT2D eigenvalue weighted by molar-refractivity contribution is 0.595. The van der Waals surface area contributed by atoms with Gasteiger partial charge in [0, 0.05) is 21.5 Å². The first-order valence-electron chi connectivity index (χ1n) is 11.3. The molecule has 0 atom stereocenters. The van der Waals surface area contributed by atoms with Gasteiger partial charge >= 0.3 is 5.84 Å². The maximum absolute atomic E-state index is 5.81. The van der Waals surface area contributed by atoms with Gasteiger partial charge in [-0.1, -0.05) is 72.8 Å². The molecule has 0 saturated carbocycles. The Labute approximate surface area is 193 Å². The quantitative estimate of drug-likeness (QED) is 0.288. The van der Waals surface area contributed by atoms with E-state index < -0.39 is 0 Å². The Morgan fingerprint density at radius 3 is 1.47 bits per heavy atom. The van der Waals surface area contributed by atoms with Crippen molar-refractivity contribution in [2.45, 2.75) is 0 Å². The minimum absolute atomic E-state index is 0.564. The topological polar surface area (TPSA) is 40.3 Å². The molecule has 8 rings (SSSR count). The Kier molecular flexibility index (Phi) is 3.34. The zero-order chi connectivity index (χ0) is 22.2. The highest BCUT2D eigenvalue weighted by molar-refractivity contribution is 6.11. The van der Waals surface area contributed by atoms with Crippen LogP contribution < -0.4 is 0 Å². The summed E-state index contributed by atoms with van der Waals surface area (Å²) < 4.78 is 12.4. The van der Waals surface area contributed by atoms with Gasteiger partial charge in [0.2, 0.25) is 0 Å². The van der Waals surface area contributed by atoms with Gasteiger partial charge in [0.1, 0.15) is 6.26 Å². The number of hydrogen-bond donors (Lipinski definition) is 0. The van der Waals surface area contributed by atoms with Crippen LogP contribution in [0.25, 0.3) is 61.1 Å². The third-order valence-corrected chi connectivity index (χ3v) is 6.80. The highest BCUT2D eigenvalue weighted by Crippen LogP contribution is 2.38. The molecule has 0 spiro atoms. The minimum atomic E-state index is 0.564. The Bertz CT molecular complexity index is 1930. The van der Waals surface area contributed by atoms with Gasteiger partial charge in [-0.2, -0.15) is 4.98 Å². The Morgan fingerprint density at radius 1 is 0.529 bits per heavy atom. The third-order valence-electron chi connectivity index (χ3n) is 6.80. The van der Waals surface area contributed by atoms with E-state index in [1.807, 2.05) is 10.6 Å². The summed E-state index contributed by atoms with van der Waals surface area (Å²) in [5, 5.41) is 4.83. The summed E-state index contributed by atoms with van der Waals surface area (Å²) in [6.07, 6.45) is 3.63. The molecule has 4 heterocycles. The molecule has 0 N–H and O–H groups in total. The molecule has 0 fully saturated rings. The lowest BCUT2D eigenvalue weighted by Crippen LogP contribution is -2.04. The molecule has 0 bridgehead atoms. The van der Waals surface area contributed by atoms with E-state index in [0.29, 0.717) is 5.84 Å². The van der Waals surface area contributed by atoms with Gasteiger partial charge in [-0.05, 0) is 24.3 Å². The number of benzene rings is 4. The Hall–Kier alpha value is -4.77. The van der Waals surface area contributed by atoms with Gasteiger partial charge in [-0.3, -0.25) is 9.13 Å². The second-order valence-electron chi connectivity index (χ2n) is 8.55. The molecule has 8 aromatic rings. The first kappa shape index (κ1) is 17.7. The van der Waals surface area contributed by atoms with Crippen LogP contribution in [0, 0.1) is 0 Å². The van der Waals surface area contributed by atoms with Crippen LogP contribution in [0.15, 0.2) is 114 Å². The van der Waals surface area contributed by atoms with Crippen molar-refractivity contribution in [2.24, 2.45) is 0 Å². The van der Waals surface area contributed by atoms with Gasteiger partial charge in [-0.15, -0.1) is 0 Å². The molecule has 0 radical (unpaired) electrons. The molecule has 4 aromatic carbocycles. The zero-order valence-corrected chi connectivity index (χ0v) is 18.1. The summed E-state index contributed by atoms with van der Waals surface area (Å²) in [4.78, 5) is 5.02. The maximum Gasteiger partial charge on any atom is 0.309 e. The predicted octanol–water partition coefficient (Wildman–Crippen LogP) is 7.12. The number of hydrogen-bond acceptors (Lipinski definition) is 2. The molecule has 0 aliphatic heterocycles. The highest BCUT2D eigenvalue weighted by Gasteiger charge is 2.24. The lowest BCUT2D eigenvalue weighted by atomic mass is 10.2. The molecule has 0 amide bonds. The molecule has 5 heteroatoms. The van der Waals surface area contributed by atoms with Crippen LogP contribution in [0.3, 0.4) is 0 Å². The first-order chi connectivity index (χ1) is 16.9. The fourth-order valence-corrected chi connectivity index (χ4v) is 5.42. The van der Waals surface area contributed by atoms with Gasteiger partial charge < -0.3 is 4.42 Å². The second kappa shape index (κ2) is 6.39. The van der Waals surface area contributed by atoms with Gasteiger partial charge in [-0.25, -0.2) is 4.40 Å². The molecule has 0 saturated heterocycles. The molecule has 5 nitrogen and oxygen atoms in total. The van der Waals surface area contributed by atoms with E-state index in [4.69, 9.17) is 9.40 Å². The van der Waals surface area contributed by atoms with E-state index >= 15 is 0 Å². The number of aromatic nitrogens is 4. The average Bonchev–Trinajstić information content (AvgIpc) is 3.63. The molecular formula is C29H18N4O. The summed E-state index contributed by atoms with van der Waals surface area (Å²) in [6, 6.07) is 34.1. The average molecular weight is 438 g/mol. The van der Waals surface area contributed by atoms with Crippen molar-refractivity contribution in [3.8, 4) is 11.6 Å². The standard InChI is InChI=1S/C29H18N4O/c1-5-13-23-19(9-1)20-10-2-6-14-24(20)32(23)27-28(31-17-18-34-29(31)30-27)33-25-15-7-3-11-21(25)22-12-4-8-16-26(22)33/h1-18H. The summed E-state index contributed by atoms with van der Waals surface area (Å²) in [5.74, 6) is 2.35. The number of imidazole rings is 1. The van der Waals surface area contributed by atoms with Crippen LogP contribution in [-0.2, 0) is 0 Å². The zero-order valence-electron chi connectivity index (χ0n) is 18.1. The fraction of sp³-hybridized carbons (Fsp3) is 0. The maximum atomic E-state index is 5.81. The van der Waals surface area contributed by atoms with E-state index in [9.17, 15) is 0 Å². The van der Waals surface area contributed by atoms with Crippen LogP contribution in [0.5, 0.6) is 0 Å². The van der Waals surface area contributed by atoms with E-state index in [2.05, 4.69) is 106 Å². The fourth-order valence-electron chi connectivity index (χ4n) is 5.42. The molecule has 4 aromatic heterocycles. The third kappa shape index (κ3) is 2.16. The van der Waals surface area contributed by atoms with E-state index in [-0.39, 0.29) is 0 Å². The minimum Gasteiger partial charge on any atom is -0.432 e. The first-order valence-corrected chi connectivity index (χ1v) is 11.3. The van der Waals surface area contributed by atoms with Crippen LogP contribution >= 0.6 is 0 Å². The smallest absolute Gasteiger partial charge is 0.309 e. The summed E-state index contributed by atoms with van der Waals surface area (Å²) in [5.41, 5.74) is 4.50. The van der Waals surface area contributed by atoms with Crippen molar-refractivity contribution in [1.82, 2.24) is 18.5 Å². The summed E-state index contributed by atoms with van der Waals surface area (Å²) >= 11 is 0. The van der Waals surface area contributed by atoms with Crippen LogP contribution in [0.4, 0.5) is 0 Å². The number of nitrogens with zero attached hydrogens (tertiary/aromatic N) is 4. The van der Waals surface area contributed by atoms with Crippen molar-refractivity contribution in [3.63, 3.8) is 0 Å². The highest BCUT2D eigenvalue weighted by atomic mass is 16.3. The second-order valence-corrected chi connectivity index (χ2v) is 8.55. The normalized spacial score (nSPS) is 12.1. The molecule has 0 unspecified atom stereocenters. The summed E-state index contributed by atoms with van der Waals surface area (Å²) in [7, 11) is 0. The predicted molar refractivity (Wildman–Crippen MR) is 136 cm³/mol. The van der Waals surface area contributed by atoms with Gasteiger partial charge in [0.25, 0.3) is 0 Å². The van der Waals surface area contributed by atoms with Crippen molar-refractivity contribution < 1.29 is 4.42 Å². The van der Waals surface area contributed by atoms with E-state index in [1.54, 1.807) is 6.26 Å². The van der Waals surface area contributed by atoms with Gasteiger partial charge in [0.15, 0.2) is 11.6 Å². The van der Waals surface area contributed by atoms with Crippen LogP contribution in [0.2, 0.25) is 0 Å². The lowest BCUT2D eigenvalue weighted by Gasteiger charge is -2.11. The number of oxazole rings is 1. The SMILES string of the molecule is c1ccc2c(c1)c1ccccc1n2-c1nc2occn2c1-n1c2ccccc2c2ccccc21. The molecule has 34 heavy (non-hydrogen) atoms. The van der Waals surface area contributed by atoms with Crippen LogP contribution in [-0.4, -0.2) is 18.5 Å². The van der Waals surface area contributed by atoms with Crippen molar-refractivity contribution >= 4 is 49.5 Å². The monoisotopic (exact) mass is 438 g/mol. The number of rotatable bonds is 2. The molecule has 0 aliphatic rings. The van der Waals surface area contributed by atoms with Crippen molar-refractivity contribution in [2.75, 3.05) is 0 Å².